The molecule has 0 spiro atoms. The summed E-state index contributed by atoms with van der Waals surface area (Å²) in [6, 6.07) is 5.67. The summed E-state index contributed by atoms with van der Waals surface area (Å²) in [6.45, 7) is 3.68. The first-order chi connectivity index (χ1) is 8.63. The van der Waals surface area contributed by atoms with Crippen LogP contribution in [0.5, 0.6) is 5.75 Å². The number of methoxy groups -OCH3 is 1. The van der Waals surface area contributed by atoms with Crippen LogP contribution in [-0.2, 0) is 4.79 Å². The molecule has 4 heteroatoms. The zero-order valence-corrected chi connectivity index (χ0v) is 11.2. The minimum absolute atomic E-state index is 0.136. The fourth-order valence-corrected chi connectivity index (χ4v) is 2.32. The smallest absolute Gasteiger partial charge is 0.244 e. The molecule has 98 valence electrons. The molecule has 1 N–H and O–H groups in total. The molecule has 2 rings (SSSR count). The largest absolute Gasteiger partial charge is 0.496 e. The van der Waals surface area contributed by atoms with E-state index < -0.39 is 0 Å². The van der Waals surface area contributed by atoms with E-state index >= 15 is 0 Å². The molecule has 18 heavy (non-hydrogen) atoms. The molecule has 0 aromatic heterocycles. The Hall–Kier alpha value is -1.55. The van der Waals surface area contributed by atoms with Gasteiger partial charge in [-0.3, -0.25) is 4.79 Å². The zero-order valence-electron chi connectivity index (χ0n) is 11.2. The highest BCUT2D eigenvalue weighted by Gasteiger charge is 2.25. The second-order valence-electron chi connectivity index (χ2n) is 4.73. The van der Waals surface area contributed by atoms with Gasteiger partial charge in [0.2, 0.25) is 5.91 Å². The van der Waals surface area contributed by atoms with E-state index in [1.165, 1.54) is 0 Å². The van der Waals surface area contributed by atoms with Crippen molar-refractivity contribution in [1.82, 2.24) is 10.2 Å². The van der Waals surface area contributed by atoms with Crippen LogP contribution in [0.3, 0.4) is 0 Å². The fourth-order valence-electron chi connectivity index (χ4n) is 2.32. The first-order valence-electron chi connectivity index (χ1n) is 6.26. The second kappa shape index (κ2) is 5.40. The quantitative estimate of drug-likeness (QED) is 0.862. The van der Waals surface area contributed by atoms with E-state index in [9.17, 15) is 4.79 Å². The van der Waals surface area contributed by atoms with Gasteiger partial charge >= 0.3 is 0 Å². The Kier molecular flexibility index (Phi) is 3.87. The number of rotatable bonds is 2. The van der Waals surface area contributed by atoms with Crippen molar-refractivity contribution < 1.29 is 9.53 Å². The van der Waals surface area contributed by atoms with Crippen molar-refractivity contribution in [3.63, 3.8) is 0 Å². The molecule has 1 unspecified atom stereocenters. The summed E-state index contributed by atoms with van der Waals surface area (Å²) in [4.78, 5) is 14.0. The summed E-state index contributed by atoms with van der Waals surface area (Å²) in [6.07, 6.45) is 0.994. The van der Waals surface area contributed by atoms with Crippen LogP contribution in [0.25, 0.3) is 0 Å². The molecule has 0 aliphatic carbocycles. The number of nitrogens with one attached hydrogen (secondary N) is 1. The lowest BCUT2D eigenvalue weighted by atomic mass is 10.0. The van der Waals surface area contributed by atoms with Gasteiger partial charge in [0.15, 0.2) is 0 Å². The van der Waals surface area contributed by atoms with Crippen LogP contribution in [0.2, 0.25) is 0 Å². The summed E-state index contributed by atoms with van der Waals surface area (Å²) in [5.41, 5.74) is 2.06. The number of nitrogens with zero attached hydrogens (tertiary/aromatic N) is 1. The van der Waals surface area contributed by atoms with E-state index in [1.807, 2.05) is 32.2 Å². The van der Waals surface area contributed by atoms with Crippen molar-refractivity contribution >= 4 is 5.91 Å². The highest BCUT2D eigenvalue weighted by molar-refractivity contribution is 5.83. The number of likely N-dealkylation sites (N-methyl/N-ethyl adjacent to an activating group) is 1. The van der Waals surface area contributed by atoms with E-state index in [0.29, 0.717) is 0 Å². The number of hydrogen-bond donors (Lipinski definition) is 1. The standard InChI is InChI=1S/C14H20N2O2/c1-10-9-11(5-6-12(10)18-3)13-14(17)16(2)8-4-7-15-13/h5-6,9,13,15H,4,7-8H2,1-3H3. The second-order valence-corrected chi connectivity index (χ2v) is 4.73. The monoisotopic (exact) mass is 248 g/mol. The fraction of sp³-hybridized carbons (Fsp3) is 0.500. The lowest BCUT2D eigenvalue weighted by Gasteiger charge is -2.21. The lowest BCUT2D eigenvalue weighted by molar-refractivity contribution is -0.131. The Morgan fingerprint density at radius 1 is 1.44 bits per heavy atom. The molecular weight excluding hydrogens is 228 g/mol. The molecule has 1 saturated heterocycles. The van der Waals surface area contributed by atoms with Crippen LogP contribution >= 0.6 is 0 Å². The van der Waals surface area contributed by atoms with Crippen molar-refractivity contribution in [2.24, 2.45) is 0 Å². The maximum Gasteiger partial charge on any atom is 0.244 e. The van der Waals surface area contributed by atoms with Gasteiger partial charge in [-0.25, -0.2) is 0 Å². The molecule has 0 saturated carbocycles. The SMILES string of the molecule is COc1ccc(C2NCCCN(C)C2=O)cc1C. The predicted octanol–water partition coefficient (Wildman–Crippen LogP) is 1.50. The first-order valence-corrected chi connectivity index (χ1v) is 6.26. The van der Waals surface area contributed by atoms with Gasteiger partial charge in [0.25, 0.3) is 0 Å². The first kappa shape index (κ1) is 12.9. The number of amides is 1. The number of aryl methyl sites for hydroxylation is 1. The normalized spacial score (nSPS) is 20.7. The van der Waals surface area contributed by atoms with Crippen LogP contribution in [0.15, 0.2) is 18.2 Å². The predicted molar refractivity (Wildman–Crippen MR) is 70.7 cm³/mol. The van der Waals surface area contributed by atoms with Gasteiger partial charge in [-0.15, -0.1) is 0 Å². The summed E-state index contributed by atoms with van der Waals surface area (Å²) in [7, 11) is 3.52. The third kappa shape index (κ3) is 2.48. The topological polar surface area (TPSA) is 41.6 Å². The van der Waals surface area contributed by atoms with E-state index in [2.05, 4.69) is 5.32 Å². The van der Waals surface area contributed by atoms with E-state index in [1.54, 1.807) is 12.0 Å². The number of benzene rings is 1. The van der Waals surface area contributed by atoms with Gasteiger partial charge in [0.1, 0.15) is 11.8 Å². The molecule has 1 fully saturated rings. The summed E-state index contributed by atoms with van der Waals surface area (Å²) in [5, 5.41) is 3.31. The maximum atomic E-state index is 12.2. The van der Waals surface area contributed by atoms with Crippen molar-refractivity contribution in [2.75, 3.05) is 27.2 Å². The molecule has 1 aromatic rings. The van der Waals surface area contributed by atoms with Gasteiger partial charge in [-0.05, 0) is 37.1 Å². The van der Waals surface area contributed by atoms with Gasteiger partial charge in [-0.1, -0.05) is 12.1 Å². The molecule has 1 amide bonds. The van der Waals surface area contributed by atoms with Crippen LogP contribution in [0, 0.1) is 6.92 Å². The third-order valence-corrected chi connectivity index (χ3v) is 3.39. The Morgan fingerprint density at radius 2 is 2.22 bits per heavy atom. The van der Waals surface area contributed by atoms with Crippen molar-refractivity contribution in [3.8, 4) is 5.75 Å². The number of carbonyl (C=O) groups is 1. The van der Waals surface area contributed by atoms with Crippen molar-refractivity contribution in [3.05, 3.63) is 29.3 Å². The Bertz CT molecular complexity index is 445. The van der Waals surface area contributed by atoms with Gasteiger partial charge in [0, 0.05) is 13.6 Å². The summed E-state index contributed by atoms with van der Waals surface area (Å²) < 4.78 is 5.24. The minimum atomic E-state index is -0.234. The molecule has 1 aliphatic rings. The number of ether oxygens (including phenoxy) is 1. The molecule has 4 nitrogen and oxygen atoms in total. The maximum absolute atomic E-state index is 12.2. The van der Waals surface area contributed by atoms with Gasteiger partial charge in [-0.2, -0.15) is 0 Å². The molecular formula is C14H20N2O2. The van der Waals surface area contributed by atoms with Gasteiger partial charge < -0.3 is 15.0 Å². The number of hydrogen-bond acceptors (Lipinski definition) is 3. The van der Waals surface area contributed by atoms with E-state index in [4.69, 9.17) is 4.74 Å². The van der Waals surface area contributed by atoms with Crippen LogP contribution in [0.4, 0.5) is 0 Å². The Labute approximate surface area is 108 Å². The highest BCUT2D eigenvalue weighted by atomic mass is 16.5. The molecule has 1 aliphatic heterocycles. The average Bonchev–Trinajstić information content (AvgIpc) is 2.53. The van der Waals surface area contributed by atoms with Crippen LogP contribution in [-0.4, -0.2) is 38.1 Å². The van der Waals surface area contributed by atoms with Crippen LogP contribution < -0.4 is 10.1 Å². The molecule has 0 radical (unpaired) electrons. The molecule has 1 atom stereocenters. The molecule has 1 heterocycles. The lowest BCUT2D eigenvalue weighted by Crippen LogP contribution is -2.35. The van der Waals surface area contributed by atoms with E-state index in [0.717, 1.165) is 36.4 Å². The molecule has 0 bridgehead atoms. The zero-order chi connectivity index (χ0) is 13.1. The van der Waals surface area contributed by atoms with Crippen molar-refractivity contribution in [1.29, 1.82) is 0 Å². The summed E-state index contributed by atoms with van der Waals surface area (Å²) in [5.74, 6) is 0.991. The highest BCUT2D eigenvalue weighted by Crippen LogP contribution is 2.24. The molecule has 1 aromatic carbocycles. The average molecular weight is 248 g/mol. The van der Waals surface area contributed by atoms with Crippen molar-refractivity contribution in [2.45, 2.75) is 19.4 Å². The Balaban J connectivity index is 2.29. The van der Waals surface area contributed by atoms with E-state index in [-0.39, 0.29) is 11.9 Å². The number of carbonyl (C=O) groups excluding carboxylic acids is 1. The Morgan fingerprint density at radius 3 is 2.89 bits per heavy atom. The van der Waals surface area contributed by atoms with Crippen LogP contribution in [0.1, 0.15) is 23.6 Å². The van der Waals surface area contributed by atoms with Gasteiger partial charge in [0.05, 0.1) is 7.11 Å². The summed E-state index contributed by atoms with van der Waals surface area (Å²) >= 11 is 0. The minimum Gasteiger partial charge on any atom is -0.496 e. The third-order valence-electron chi connectivity index (χ3n) is 3.39.